The zero-order chi connectivity index (χ0) is 14.1. The zero-order valence-corrected chi connectivity index (χ0v) is 13.1. The average molecular weight is 269 g/mol. The predicted octanol–water partition coefficient (Wildman–Crippen LogP) is 2.36. The maximum atomic E-state index is 5.56. The molecule has 0 aromatic heterocycles. The molecule has 2 unspecified atom stereocenters. The SMILES string of the molecule is CCCCOCCNC(=NC)N1CC(C)CC(C)C1. The van der Waals surface area contributed by atoms with Crippen LogP contribution < -0.4 is 5.32 Å². The summed E-state index contributed by atoms with van der Waals surface area (Å²) in [7, 11) is 1.87. The van der Waals surface area contributed by atoms with Gasteiger partial charge in [0.25, 0.3) is 0 Å². The van der Waals surface area contributed by atoms with Gasteiger partial charge < -0.3 is 15.0 Å². The van der Waals surface area contributed by atoms with Gasteiger partial charge in [0.05, 0.1) is 6.61 Å². The molecule has 1 rings (SSSR count). The molecule has 1 aliphatic rings. The molecule has 4 nitrogen and oxygen atoms in total. The van der Waals surface area contributed by atoms with Gasteiger partial charge in [-0.2, -0.15) is 0 Å². The van der Waals surface area contributed by atoms with Crippen molar-refractivity contribution in [3.05, 3.63) is 0 Å². The molecule has 19 heavy (non-hydrogen) atoms. The lowest BCUT2D eigenvalue weighted by Gasteiger charge is -2.37. The van der Waals surface area contributed by atoms with Crippen molar-refractivity contribution in [2.45, 2.75) is 40.0 Å². The summed E-state index contributed by atoms with van der Waals surface area (Å²) in [4.78, 5) is 6.77. The number of unbranched alkanes of at least 4 members (excludes halogenated alkanes) is 1. The Morgan fingerprint density at radius 2 is 1.95 bits per heavy atom. The molecule has 112 valence electrons. The molecular weight excluding hydrogens is 238 g/mol. The van der Waals surface area contributed by atoms with Crippen molar-refractivity contribution in [3.8, 4) is 0 Å². The van der Waals surface area contributed by atoms with Crippen molar-refractivity contribution >= 4 is 5.96 Å². The number of nitrogens with one attached hydrogen (secondary N) is 1. The highest BCUT2D eigenvalue weighted by molar-refractivity contribution is 5.80. The molecule has 0 radical (unpaired) electrons. The molecule has 1 N–H and O–H groups in total. The van der Waals surface area contributed by atoms with Crippen LogP contribution in [0.1, 0.15) is 40.0 Å². The van der Waals surface area contributed by atoms with Crippen LogP contribution in [-0.4, -0.2) is 50.8 Å². The number of guanidine groups is 1. The molecule has 1 aliphatic heterocycles. The van der Waals surface area contributed by atoms with Crippen molar-refractivity contribution < 1.29 is 4.74 Å². The minimum absolute atomic E-state index is 0.753. The summed E-state index contributed by atoms with van der Waals surface area (Å²) >= 11 is 0. The number of hydrogen-bond donors (Lipinski definition) is 1. The number of aliphatic imine (C=N–C) groups is 1. The maximum absolute atomic E-state index is 5.56. The molecule has 0 spiro atoms. The highest BCUT2D eigenvalue weighted by Gasteiger charge is 2.23. The number of ether oxygens (including phenoxy) is 1. The molecule has 0 aromatic rings. The Morgan fingerprint density at radius 3 is 2.53 bits per heavy atom. The van der Waals surface area contributed by atoms with Crippen LogP contribution in [0.4, 0.5) is 0 Å². The summed E-state index contributed by atoms with van der Waals surface area (Å²) < 4.78 is 5.56. The molecule has 1 fully saturated rings. The Labute approximate surface area is 118 Å². The molecule has 4 heteroatoms. The van der Waals surface area contributed by atoms with Gasteiger partial charge in [-0.15, -0.1) is 0 Å². The standard InChI is InChI=1S/C15H31N3O/c1-5-6-8-19-9-7-17-15(16-4)18-11-13(2)10-14(3)12-18/h13-14H,5-12H2,1-4H3,(H,16,17). The van der Waals surface area contributed by atoms with E-state index in [-0.39, 0.29) is 0 Å². The lowest BCUT2D eigenvalue weighted by molar-refractivity contribution is 0.134. The van der Waals surface area contributed by atoms with E-state index in [0.717, 1.165) is 57.1 Å². The second kappa shape index (κ2) is 9.18. The summed E-state index contributed by atoms with van der Waals surface area (Å²) in [6, 6.07) is 0. The Balaban J connectivity index is 2.25. The second-order valence-electron chi connectivity index (χ2n) is 5.79. The van der Waals surface area contributed by atoms with Gasteiger partial charge in [-0.1, -0.05) is 27.2 Å². The van der Waals surface area contributed by atoms with Crippen molar-refractivity contribution in [1.82, 2.24) is 10.2 Å². The number of hydrogen-bond acceptors (Lipinski definition) is 2. The van der Waals surface area contributed by atoms with Crippen LogP contribution in [0.2, 0.25) is 0 Å². The van der Waals surface area contributed by atoms with Crippen LogP contribution in [0.3, 0.4) is 0 Å². The molecule has 1 saturated heterocycles. The van der Waals surface area contributed by atoms with Gasteiger partial charge in [0.15, 0.2) is 5.96 Å². The highest BCUT2D eigenvalue weighted by Crippen LogP contribution is 2.20. The Morgan fingerprint density at radius 1 is 1.26 bits per heavy atom. The normalized spacial score (nSPS) is 24.6. The van der Waals surface area contributed by atoms with E-state index < -0.39 is 0 Å². The number of nitrogens with zero attached hydrogens (tertiary/aromatic N) is 2. The van der Waals surface area contributed by atoms with Crippen LogP contribution in [0.15, 0.2) is 4.99 Å². The van der Waals surface area contributed by atoms with Gasteiger partial charge in [-0.25, -0.2) is 0 Å². The lowest BCUT2D eigenvalue weighted by atomic mass is 9.92. The molecular formula is C15H31N3O. The van der Waals surface area contributed by atoms with Crippen molar-refractivity contribution in [3.63, 3.8) is 0 Å². The molecule has 0 aliphatic carbocycles. The number of likely N-dealkylation sites (tertiary alicyclic amines) is 1. The van der Waals surface area contributed by atoms with E-state index in [1.807, 2.05) is 7.05 Å². The van der Waals surface area contributed by atoms with E-state index in [1.165, 1.54) is 12.8 Å². The van der Waals surface area contributed by atoms with Crippen LogP contribution in [0, 0.1) is 11.8 Å². The van der Waals surface area contributed by atoms with Gasteiger partial charge in [0, 0.05) is 33.3 Å². The topological polar surface area (TPSA) is 36.9 Å². The first kappa shape index (κ1) is 16.3. The fourth-order valence-electron chi connectivity index (χ4n) is 2.75. The van der Waals surface area contributed by atoms with Crippen LogP contribution in [-0.2, 0) is 4.74 Å². The first-order chi connectivity index (χ1) is 9.17. The van der Waals surface area contributed by atoms with Crippen molar-refractivity contribution in [2.24, 2.45) is 16.8 Å². The highest BCUT2D eigenvalue weighted by atomic mass is 16.5. The van der Waals surface area contributed by atoms with E-state index in [0.29, 0.717) is 0 Å². The molecule has 0 saturated carbocycles. The van der Waals surface area contributed by atoms with E-state index in [4.69, 9.17) is 4.74 Å². The van der Waals surface area contributed by atoms with E-state index in [2.05, 4.69) is 36.0 Å². The van der Waals surface area contributed by atoms with Gasteiger partial charge >= 0.3 is 0 Å². The third-order valence-electron chi connectivity index (χ3n) is 3.55. The third kappa shape index (κ3) is 6.28. The predicted molar refractivity (Wildman–Crippen MR) is 81.6 cm³/mol. The zero-order valence-electron chi connectivity index (χ0n) is 13.1. The van der Waals surface area contributed by atoms with Crippen LogP contribution in [0.5, 0.6) is 0 Å². The van der Waals surface area contributed by atoms with Gasteiger partial charge in [-0.3, -0.25) is 4.99 Å². The summed E-state index contributed by atoms with van der Waals surface area (Å²) in [6.45, 7) is 11.5. The molecule has 0 bridgehead atoms. The molecule has 0 amide bonds. The molecule has 1 heterocycles. The summed E-state index contributed by atoms with van der Waals surface area (Å²) in [5, 5.41) is 3.41. The smallest absolute Gasteiger partial charge is 0.193 e. The average Bonchev–Trinajstić information content (AvgIpc) is 2.37. The summed E-state index contributed by atoms with van der Waals surface area (Å²) in [5.74, 6) is 2.53. The summed E-state index contributed by atoms with van der Waals surface area (Å²) in [6.07, 6.45) is 3.67. The van der Waals surface area contributed by atoms with Gasteiger partial charge in [-0.05, 0) is 24.7 Å². The Kier molecular flexibility index (Phi) is 7.87. The van der Waals surface area contributed by atoms with E-state index in [9.17, 15) is 0 Å². The second-order valence-corrected chi connectivity index (χ2v) is 5.79. The molecule has 0 aromatic carbocycles. The van der Waals surface area contributed by atoms with Crippen molar-refractivity contribution in [1.29, 1.82) is 0 Å². The Hall–Kier alpha value is -0.770. The van der Waals surface area contributed by atoms with Crippen molar-refractivity contribution in [2.75, 3.05) is 39.9 Å². The fraction of sp³-hybridized carbons (Fsp3) is 0.933. The molecule has 2 atom stereocenters. The minimum atomic E-state index is 0.753. The minimum Gasteiger partial charge on any atom is -0.380 e. The summed E-state index contributed by atoms with van der Waals surface area (Å²) in [5.41, 5.74) is 0. The first-order valence-electron chi connectivity index (χ1n) is 7.70. The van der Waals surface area contributed by atoms with Gasteiger partial charge in [0.2, 0.25) is 0 Å². The van der Waals surface area contributed by atoms with Gasteiger partial charge in [0.1, 0.15) is 0 Å². The largest absolute Gasteiger partial charge is 0.380 e. The van der Waals surface area contributed by atoms with E-state index in [1.54, 1.807) is 0 Å². The monoisotopic (exact) mass is 269 g/mol. The Bertz CT molecular complexity index is 258. The third-order valence-corrected chi connectivity index (χ3v) is 3.55. The van der Waals surface area contributed by atoms with Crippen LogP contribution >= 0.6 is 0 Å². The quantitative estimate of drug-likeness (QED) is 0.457. The van der Waals surface area contributed by atoms with Crippen LogP contribution in [0.25, 0.3) is 0 Å². The number of piperidine rings is 1. The first-order valence-corrected chi connectivity index (χ1v) is 7.70. The maximum Gasteiger partial charge on any atom is 0.193 e. The fourth-order valence-corrected chi connectivity index (χ4v) is 2.75. The number of rotatable bonds is 6. The van der Waals surface area contributed by atoms with E-state index >= 15 is 0 Å². The lowest BCUT2D eigenvalue weighted by Crippen LogP contribution is -2.49.